The third kappa shape index (κ3) is 3.06. The highest BCUT2D eigenvalue weighted by Crippen LogP contribution is 2.26. The molecule has 99 valence electrons. The van der Waals surface area contributed by atoms with Crippen molar-refractivity contribution in [3.63, 3.8) is 0 Å². The second kappa shape index (κ2) is 5.32. The zero-order valence-corrected chi connectivity index (χ0v) is 11.5. The molecule has 0 aliphatic rings. The van der Waals surface area contributed by atoms with Crippen LogP contribution in [0.4, 0.5) is 5.69 Å². The molecule has 0 heterocycles. The molecule has 0 amide bonds. The Morgan fingerprint density at radius 2 is 2.05 bits per heavy atom. The third-order valence-electron chi connectivity index (χ3n) is 2.57. The van der Waals surface area contributed by atoms with Gasteiger partial charge in [0.05, 0.1) is 7.11 Å². The van der Waals surface area contributed by atoms with Gasteiger partial charge in [-0.3, -0.25) is 4.72 Å². The van der Waals surface area contributed by atoms with Crippen LogP contribution in [0, 0.1) is 13.0 Å². The number of rotatable bonds is 4. The number of sulfonamides is 1. The lowest BCUT2D eigenvalue weighted by atomic mass is 10.2. The lowest BCUT2D eigenvalue weighted by Gasteiger charge is -2.12. The van der Waals surface area contributed by atoms with Crippen LogP contribution in [0.2, 0.25) is 0 Å². The van der Waals surface area contributed by atoms with E-state index in [0.717, 1.165) is 5.56 Å². The van der Waals surface area contributed by atoms with Crippen LogP contribution in [0.5, 0.6) is 5.75 Å². The maximum absolute atomic E-state index is 12.3. The standard InChI is InChI=1S/C14H14NO3S/c1-11-8-9-14(13(10-11)18-2)19(16,17)15-12-6-4-3-5-7-12/h3-4,6-10,15H,1-2H3. The fourth-order valence-electron chi connectivity index (χ4n) is 1.66. The molecule has 0 unspecified atom stereocenters. The molecule has 1 radical (unpaired) electrons. The van der Waals surface area contributed by atoms with E-state index < -0.39 is 10.0 Å². The van der Waals surface area contributed by atoms with Crippen LogP contribution >= 0.6 is 0 Å². The lowest BCUT2D eigenvalue weighted by molar-refractivity contribution is 0.402. The van der Waals surface area contributed by atoms with Crippen molar-refractivity contribution < 1.29 is 13.2 Å². The molecule has 0 bridgehead atoms. The number of anilines is 1. The van der Waals surface area contributed by atoms with Crippen molar-refractivity contribution >= 4 is 15.7 Å². The molecule has 2 rings (SSSR count). The molecule has 0 aliphatic heterocycles. The summed E-state index contributed by atoms with van der Waals surface area (Å²) in [5.41, 5.74) is 1.40. The molecule has 2 aromatic carbocycles. The van der Waals surface area contributed by atoms with Gasteiger partial charge in [-0.15, -0.1) is 0 Å². The van der Waals surface area contributed by atoms with Crippen LogP contribution in [0.25, 0.3) is 0 Å². The lowest BCUT2D eigenvalue weighted by Crippen LogP contribution is -2.14. The quantitative estimate of drug-likeness (QED) is 0.934. The molecule has 4 nitrogen and oxygen atoms in total. The van der Waals surface area contributed by atoms with Gasteiger partial charge in [0.2, 0.25) is 0 Å². The van der Waals surface area contributed by atoms with Gasteiger partial charge >= 0.3 is 0 Å². The molecule has 5 heteroatoms. The molecule has 0 aromatic heterocycles. The summed E-state index contributed by atoms with van der Waals surface area (Å²) in [7, 11) is -2.22. The van der Waals surface area contributed by atoms with Crippen molar-refractivity contribution in [2.24, 2.45) is 0 Å². The molecule has 0 saturated heterocycles. The second-order valence-corrected chi connectivity index (χ2v) is 5.70. The molecule has 1 N–H and O–H groups in total. The van der Waals surface area contributed by atoms with E-state index in [9.17, 15) is 8.42 Å². The summed E-state index contributed by atoms with van der Waals surface area (Å²) in [5, 5.41) is 0. The third-order valence-corrected chi connectivity index (χ3v) is 3.99. The molecule has 0 saturated carbocycles. The first kappa shape index (κ1) is 13.4. The average molecular weight is 276 g/mol. The van der Waals surface area contributed by atoms with Gasteiger partial charge in [0.25, 0.3) is 10.0 Å². The summed E-state index contributed by atoms with van der Waals surface area (Å²) in [5.74, 6) is 0.326. The Balaban J connectivity index is 2.40. The fourth-order valence-corrected chi connectivity index (χ4v) is 2.87. The Morgan fingerprint density at radius 3 is 2.68 bits per heavy atom. The first-order chi connectivity index (χ1) is 9.03. The first-order valence-electron chi connectivity index (χ1n) is 5.66. The second-order valence-electron chi connectivity index (χ2n) is 4.05. The Labute approximate surface area is 113 Å². The van der Waals surface area contributed by atoms with Crippen LogP contribution in [-0.4, -0.2) is 15.5 Å². The molecular formula is C14H14NO3S. The Hall–Kier alpha value is -2.01. The molecule has 0 fully saturated rings. The van der Waals surface area contributed by atoms with Crippen LogP contribution in [0.15, 0.2) is 47.4 Å². The topological polar surface area (TPSA) is 55.4 Å². The minimum atomic E-state index is -3.67. The highest BCUT2D eigenvalue weighted by molar-refractivity contribution is 7.92. The predicted octanol–water partition coefficient (Wildman–Crippen LogP) is 2.60. The number of methoxy groups -OCH3 is 1. The smallest absolute Gasteiger partial charge is 0.265 e. The fraction of sp³-hybridized carbons (Fsp3) is 0.143. The van der Waals surface area contributed by atoms with Crippen molar-refractivity contribution in [3.05, 3.63) is 54.1 Å². The van der Waals surface area contributed by atoms with E-state index >= 15 is 0 Å². The first-order valence-corrected chi connectivity index (χ1v) is 7.15. The van der Waals surface area contributed by atoms with Gasteiger partial charge in [-0.05, 0) is 42.8 Å². The normalized spacial score (nSPS) is 11.1. The Kier molecular flexibility index (Phi) is 3.76. The van der Waals surface area contributed by atoms with Crippen LogP contribution in [0.3, 0.4) is 0 Å². The van der Waals surface area contributed by atoms with E-state index in [0.29, 0.717) is 11.4 Å². The van der Waals surface area contributed by atoms with Gasteiger partial charge < -0.3 is 4.74 Å². The van der Waals surface area contributed by atoms with Crippen LogP contribution in [0.1, 0.15) is 5.56 Å². The van der Waals surface area contributed by atoms with Crippen molar-refractivity contribution in [2.45, 2.75) is 11.8 Å². The van der Waals surface area contributed by atoms with Gasteiger partial charge in [-0.25, -0.2) is 8.42 Å². The maximum atomic E-state index is 12.3. The van der Waals surface area contributed by atoms with E-state index in [2.05, 4.69) is 10.8 Å². The number of hydrogen-bond donors (Lipinski definition) is 1. The summed E-state index contributed by atoms with van der Waals surface area (Å²) in [6.45, 7) is 1.87. The summed E-state index contributed by atoms with van der Waals surface area (Å²) in [6, 6.07) is 14.4. The number of ether oxygens (including phenoxy) is 1. The van der Waals surface area contributed by atoms with Gasteiger partial charge in [0, 0.05) is 5.69 Å². The molecule has 0 spiro atoms. The van der Waals surface area contributed by atoms with E-state index in [1.54, 1.807) is 36.4 Å². The SMILES string of the molecule is COc1cc(C)ccc1S(=O)(=O)Nc1c[c]ccc1. The molecule has 2 aromatic rings. The molecule has 0 aliphatic carbocycles. The van der Waals surface area contributed by atoms with E-state index in [1.807, 2.05) is 6.92 Å². The molecule has 19 heavy (non-hydrogen) atoms. The zero-order valence-electron chi connectivity index (χ0n) is 10.7. The highest BCUT2D eigenvalue weighted by atomic mass is 32.2. The number of benzene rings is 2. The number of hydrogen-bond acceptors (Lipinski definition) is 3. The summed E-state index contributed by atoms with van der Waals surface area (Å²) < 4.78 is 32.2. The Morgan fingerprint density at radius 1 is 1.26 bits per heavy atom. The van der Waals surface area contributed by atoms with Crippen molar-refractivity contribution in [3.8, 4) is 5.75 Å². The van der Waals surface area contributed by atoms with Gasteiger partial charge in [-0.2, -0.15) is 0 Å². The van der Waals surface area contributed by atoms with Crippen molar-refractivity contribution in [1.82, 2.24) is 0 Å². The molecule has 0 atom stereocenters. The maximum Gasteiger partial charge on any atom is 0.265 e. The van der Waals surface area contributed by atoms with E-state index in [-0.39, 0.29) is 4.90 Å². The zero-order chi connectivity index (χ0) is 13.9. The summed E-state index contributed by atoms with van der Waals surface area (Å²) in [4.78, 5) is 0.115. The van der Waals surface area contributed by atoms with E-state index in [4.69, 9.17) is 4.74 Å². The predicted molar refractivity (Wildman–Crippen MR) is 73.8 cm³/mol. The summed E-state index contributed by atoms with van der Waals surface area (Å²) >= 11 is 0. The summed E-state index contributed by atoms with van der Waals surface area (Å²) in [6.07, 6.45) is 0. The monoisotopic (exact) mass is 276 g/mol. The highest BCUT2D eigenvalue weighted by Gasteiger charge is 2.19. The van der Waals surface area contributed by atoms with Gasteiger partial charge in [0.15, 0.2) is 0 Å². The Bertz CT molecular complexity index is 666. The van der Waals surface area contributed by atoms with Gasteiger partial charge in [-0.1, -0.05) is 18.2 Å². The largest absolute Gasteiger partial charge is 0.495 e. The van der Waals surface area contributed by atoms with Crippen molar-refractivity contribution in [1.29, 1.82) is 0 Å². The molecular weight excluding hydrogens is 262 g/mol. The average Bonchev–Trinajstić information content (AvgIpc) is 2.38. The van der Waals surface area contributed by atoms with Crippen LogP contribution < -0.4 is 9.46 Å². The van der Waals surface area contributed by atoms with Crippen molar-refractivity contribution in [2.75, 3.05) is 11.8 Å². The van der Waals surface area contributed by atoms with Crippen LogP contribution in [-0.2, 0) is 10.0 Å². The minimum absolute atomic E-state index is 0.115. The number of aryl methyl sites for hydroxylation is 1. The minimum Gasteiger partial charge on any atom is -0.495 e. The van der Waals surface area contributed by atoms with E-state index in [1.165, 1.54) is 13.2 Å². The number of nitrogens with one attached hydrogen (secondary N) is 1. The van der Waals surface area contributed by atoms with Gasteiger partial charge in [0.1, 0.15) is 10.6 Å².